The second kappa shape index (κ2) is 50.5. The van der Waals surface area contributed by atoms with Crippen molar-refractivity contribution in [1.29, 1.82) is 0 Å². The van der Waals surface area contributed by atoms with E-state index in [0.29, 0.717) is 107 Å². The Hall–Kier alpha value is -12.4. The van der Waals surface area contributed by atoms with E-state index < -0.39 is 36.1 Å². The SMILES string of the molecule is CCOC(=O)Cc1c(C(=O)OCC)oc2cnc(Br)cc12.CCOC(=O)c1oc2cnc(-c3cnn(C)c3)cc2c1N(C(=O)OCC)C1C[C@@H](C)O[C@@H](C)C1.CCOC(=O)c1oc2cnc(Br)cc2c1N(C(=O)OCC)C1C[C@@H](C)O[C@@H](C)C1.C[C@@H]1CC(O)C[C@H](C)O1.C[C@@H]1CC(n2c(=O)nc(-c3cnn(C)c3)c3oc4cnc(-c5cnn(C)c5)cc4c32)C[C@H](C)O1.Cn1cc(B2OC(C)(C)C(C)(C)O2)cn1.Cn1cc(Br)cn1. The number of aliphatic hydroxyl groups excluding tert-OH is 1. The topological polar surface area (TPSA) is 468 Å². The largest absolute Gasteiger partial charge is 0.498 e. The lowest BCUT2D eigenvalue weighted by Crippen LogP contribution is -2.48. The molecule has 46 heteroatoms. The van der Waals surface area contributed by atoms with Gasteiger partial charge in [-0.05, 0) is 248 Å². The minimum absolute atomic E-state index is 0.0137. The number of aryl methyl sites for hydroxylation is 5. The van der Waals surface area contributed by atoms with Gasteiger partial charge in [0.25, 0.3) is 0 Å². The number of rotatable bonds is 20. The van der Waals surface area contributed by atoms with Crippen LogP contribution in [-0.2, 0) is 103 Å². The summed E-state index contributed by atoms with van der Waals surface area (Å²) in [6.45, 7) is 35.7. The van der Waals surface area contributed by atoms with E-state index in [9.17, 15) is 38.7 Å². The van der Waals surface area contributed by atoms with E-state index in [1.165, 1.54) is 22.2 Å². The standard InChI is InChI=1S/C24H25N7O3.C24H30N4O6.C20H25BrN2O6.C14H14BrNO5.C10H17BN2O2.C7H14O2.C4H5BrN2/c1-13-5-17(6-14(2)33-13)31-22-18-7-19(15-8-26-29(3)11-15)25-10-20(18)34-23(22)21(28-24(31)32)16-9-27-30(4)12-16;1-6-31-23(29)22-21(28(24(30)32-7-2)17-8-14(3)33-15(4)9-17)18-10-19(25-12-20(18)34-22)16-11-26-27(5)13-16;1-5-26-19(24)18-17(14-9-16(21)22-10-15(14)29-18)23(20(25)27-6-2)13-7-11(3)28-12(4)8-13;1-3-19-12(17)6-9-8-5-11(15)16-7-10(8)21-13(9)14(18)20-4-2;1-9(2)10(3,4)15-11(14-9)8-6-12-13(5)7-8;1-5-3-7(8)4-6(2)9-5;1-7-3-4(5)2-6-7/h7-14,17H,5-6H2,1-4H3;10-15,17H,6-9H2,1-5H3;9-13H,5-8H2,1-4H3;5,7H,3-4,6H2,1-2H3;6-7H,1-5H3;5-8H,3-4H2,1-2H3;2-3H,1H3/t13-,14+,17?;14-,15+,17?;11-,12+,13?;;;5-,6+,7?;. The van der Waals surface area contributed by atoms with E-state index >= 15 is 0 Å². The van der Waals surface area contributed by atoms with E-state index in [1.54, 1.807) is 131 Å². The first-order valence-corrected chi connectivity index (χ1v) is 52.0. The molecule has 0 spiro atoms. The van der Waals surface area contributed by atoms with Gasteiger partial charge in [0, 0.05) is 140 Å². The Morgan fingerprint density at radius 3 is 1.20 bits per heavy atom. The second-order valence-electron chi connectivity index (χ2n) is 37.9. The van der Waals surface area contributed by atoms with Crippen LogP contribution in [0, 0.1) is 0 Å². The summed E-state index contributed by atoms with van der Waals surface area (Å²) in [5.74, 6) is -2.41. The second-order valence-corrected chi connectivity index (χ2v) is 40.4. The lowest BCUT2D eigenvalue weighted by molar-refractivity contribution is -0.142. The number of ether oxygens (including phenoxy) is 10. The van der Waals surface area contributed by atoms with Crippen molar-refractivity contribution in [3.63, 3.8) is 0 Å². The van der Waals surface area contributed by atoms with Gasteiger partial charge in [-0.25, -0.2) is 38.7 Å². The van der Waals surface area contributed by atoms with E-state index in [-0.39, 0.29) is 160 Å². The van der Waals surface area contributed by atoms with E-state index in [1.807, 2.05) is 155 Å². The fourth-order valence-corrected chi connectivity index (χ4v) is 19.5. The minimum Gasteiger partial charge on any atom is -0.466 e. The number of nitrogens with zero attached hydrogens (tertiary/aromatic N) is 18. The zero-order valence-corrected chi connectivity index (χ0v) is 92.8. The first-order chi connectivity index (χ1) is 70.9. The first-order valence-electron chi connectivity index (χ1n) is 49.7. The zero-order valence-electron chi connectivity index (χ0n) is 88.0. The fourth-order valence-electron chi connectivity index (χ4n) is 18.5. The van der Waals surface area contributed by atoms with Crippen LogP contribution in [0.1, 0.15) is 219 Å². The number of furan rings is 4. The van der Waals surface area contributed by atoms with Crippen LogP contribution < -0.4 is 21.0 Å². The van der Waals surface area contributed by atoms with Gasteiger partial charge in [-0.15, -0.1) is 0 Å². The van der Waals surface area contributed by atoms with Gasteiger partial charge < -0.3 is 79.5 Å². The molecule has 0 saturated carbocycles. The van der Waals surface area contributed by atoms with Gasteiger partial charge in [-0.1, -0.05) is 0 Å². The first kappa shape index (κ1) is 114. The summed E-state index contributed by atoms with van der Waals surface area (Å²) >= 11 is 9.86. The number of carbonyl (C=O) groups is 6. The van der Waals surface area contributed by atoms with Crippen LogP contribution in [0.15, 0.2) is 147 Å². The lowest BCUT2D eigenvalue weighted by Gasteiger charge is -2.38. The number of esters is 4. The Bertz CT molecular complexity index is 6970. The van der Waals surface area contributed by atoms with Gasteiger partial charge in [-0.2, -0.15) is 30.5 Å². The summed E-state index contributed by atoms with van der Waals surface area (Å²) in [7, 11) is 8.98. The van der Waals surface area contributed by atoms with Crippen molar-refractivity contribution in [3.8, 4) is 33.8 Å². The highest BCUT2D eigenvalue weighted by atomic mass is 79.9. The maximum Gasteiger partial charge on any atom is 0.498 e. The fraction of sp³-hybridized carbons (Fsp3) is 0.505. The van der Waals surface area contributed by atoms with Crippen molar-refractivity contribution >= 4 is 163 Å². The molecule has 5 saturated heterocycles. The normalized spacial score (nSPS) is 20.7. The summed E-state index contributed by atoms with van der Waals surface area (Å²) in [6, 6.07) is 6.63. The molecular formula is C103H130BBr3N18O24. The van der Waals surface area contributed by atoms with Crippen molar-refractivity contribution in [1.82, 2.24) is 78.4 Å². The highest BCUT2D eigenvalue weighted by Crippen LogP contribution is 2.45. The molecule has 800 valence electrons. The number of hydrogen-bond donors (Lipinski definition) is 1. The van der Waals surface area contributed by atoms with Gasteiger partial charge in [0.05, 0.1) is 178 Å². The van der Waals surface area contributed by atoms with Gasteiger partial charge in [0.1, 0.15) is 31.8 Å². The van der Waals surface area contributed by atoms with Gasteiger partial charge >= 0.3 is 48.9 Å². The van der Waals surface area contributed by atoms with Crippen LogP contribution >= 0.6 is 47.8 Å². The maximum absolute atomic E-state index is 13.6. The highest BCUT2D eigenvalue weighted by Gasteiger charge is 2.52. The highest BCUT2D eigenvalue weighted by molar-refractivity contribution is 9.11. The van der Waals surface area contributed by atoms with Crippen molar-refractivity contribution < 1.29 is 108 Å². The predicted octanol–water partition coefficient (Wildman–Crippen LogP) is 18.2. The smallest absolute Gasteiger partial charge is 0.466 e. The number of aliphatic hydroxyl groups is 1. The Kier molecular flexibility index (Phi) is 38.5. The molecule has 1 N–H and O–H groups in total. The van der Waals surface area contributed by atoms with E-state index in [4.69, 9.17) is 74.3 Å². The van der Waals surface area contributed by atoms with Gasteiger partial charge in [0.15, 0.2) is 27.9 Å². The third kappa shape index (κ3) is 28.1. The average molecular weight is 2250 g/mol. The molecule has 14 aromatic heterocycles. The number of hydrogen-bond acceptors (Lipinski definition) is 34. The number of halogens is 3. The van der Waals surface area contributed by atoms with E-state index in [0.717, 1.165) is 68.9 Å². The van der Waals surface area contributed by atoms with Crippen molar-refractivity contribution in [2.24, 2.45) is 35.2 Å². The molecule has 19 heterocycles. The van der Waals surface area contributed by atoms with Crippen LogP contribution in [0.5, 0.6) is 0 Å². The number of amides is 2. The third-order valence-corrected chi connectivity index (χ3v) is 26.5. The molecule has 0 aromatic carbocycles. The molecule has 42 nitrogen and oxygen atoms in total. The zero-order chi connectivity index (χ0) is 108. The Morgan fingerprint density at radius 1 is 0.430 bits per heavy atom. The molecule has 2 amide bonds. The minimum atomic E-state index is -0.654. The van der Waals surface area contributed by atoms with Crippen LogP contribution in [0.25, 0.3) is 88.7 Å². The van der Waals surface area contributed by atoms with Crippen LogP contribution in [0.4, 0.5) is 21.0 Å². The summed E-state index contributed by atoms with van der Waals surface area (Å²) in [5, 5.41) is 32.5. The quantitative estimate of drug-likeness (QED) is 0.0320. The van der Waals surface area contributed by atoms with Crippen LogP contribution in [0.3, 0.4) is 0 Å². The molecule has 5 fully saturated rings. The molecule has 0 radical (unpaired) electrons. The Morgan fingerprint density at radius 2 is 0.799 bits per heavy atom. The van der Waals surface area contributed by atoms with Crippen LogP contribution in [0.2, 0.25) is 0 Å². The molecule has 0 bridgehead atoms. The summed E-state index contributed by atoms with van der Waals surface area (Å²) in [5.41, 5.74) is 8.55. The number of fused-ring (bicyclic) bond motifs is 6. The summed E-state index contributed by atoms with van der Waals surface area (Å²) in [4.78, 5) is 114. The van der Waals surface area contributed by atoms with Crippen LogP contribution in [-0.4, -0.2) is 245 Å². The maximum atomic E-state index is 13.6. The third-order valence-electron chi connectivity index (χ3n) is 25.2. The Balaban J connectivity index is 0.000000152. The number of aromatic nitrogens is 16. The summed E-state index contributed by atoms with van der Waals surface area (Å²) < 4.78 is 102. The Labute approximate surface area is 887 Å². The van der Waals surface area contributed by atoms with Gasteiger partial charge in [-0.3, -0.25) is 52.5 Å². The van der Waals surface area contributed by atoms with Gasteiger partial charge in [0.2, 0.25) is 17.3 Å². The molecule has 14 aromatic rings. The number of pyridine rings is 4. The molecule has 149 heavy (non-hydrogen) atoms. The molecular weight excluding hydrogens is 2120 g/mol. The van der Waals surface area contributed by atoms with Crippen molar-refractivity contribution in [2.45, 2.75) is 267 Å². The molecule has 5 aliphatic heterocycles. The molecule has 4 unspecified atom stereocenters. The lowest BCUT2D eigenvalue weighted by atomic mass is 9.82. The monoisotopic (exact) mass is 2250 g/mol. The predicted molar refractivity (Wildman–Crippen MR) is 564 cm³/mol. The summed E-state index contributed by atoms with van der Waals surface area (Å²) in [6.07, 6.45) is 28.8. The number of carbonyl (C=O) groups excluding carboxylic acids is 6. The van der Waals surface area contributed by atoms with Crippen molar-refractivity contribution in [3.05, 3.63) is 158 Å². The molecule has 19 rings (SSSR count). The molecule has 5 aliphatic rings. The number of anilines is 2. The molecule has 12 atom stereocenters. The van der Waals surface area contributed by atoms with Crippen molar-refractivity contribution in [2.75, 3.05) is 49.4 Å². The molecule has 0 aliphatic carbocycles. The van der Waals surface area contributed by atoms with E-state index in [2.05, 4.69) is 98.2 Å². The average Bonchev–Trinajstić information content (AvgIpc) is 1.58.